The summed E-state index contributed by atoms with van der Waals surface area (Å²) in [7, 11) is 1.83. The Labute approximate surface area is 160 Å². The fourth-order valence-electron chi connectivity index (χ4n) is 2.05. The number of alkyl halides is 3. The molecule has 0 spiro atoms. The van der Waals surface area contributed by atoms with Gasteiger partial charge in [0.25, 0.3) is 5.91 Å². The van der Waals surface area contributed by atoms with E-state index in [0.29, 0.717) is 0 Å². The molecule has 1 aromatic rings. The zero-order chi connectivity index (χ0) is 21.9. The van der Waals surface area contributed by atoms with Gasteiger partial charge in [-0.2, -0.15) is 13.2 Å². The Morgan fingerprint density at radius 2 is 2.07 bits per heavy atom. The highest BCUT2D eigenvalue weighted by atomic mass is 32.2. The third-order valence-corrected chi connectivity index (χ3v) is 4.61. The summed E-state index contributed by atoms with van der Waals surface area (Å²) in [6, 6.07) is 0.861. The Kier molecular flexibility index (Phi) is 6.93. The van der Waals surface area contributed by atoms with Crippen LogP contribution in [0.1, 0.15) is 24.3 Å². The van der Waals surface area contributed by atoms with Gasteiger partial charge in [-0.25, -0.2) is 8.42 Å². The first kappa shape index (κ1) is 23.5. The molecule has 0 saturated carbocycles. The number of amides is 1. The first-order valence-corrected chi connectivity index (χ1v) is 9.62. The van der Waals surface area contributed by atoms with Crippen molar-refractivity contribution in [3.63, 3.8) is 0 Å². The quantitative estimate of drug-likeness (QED) is 0.176. The Hall–Kier alpha value is -2.51. The number of nitrogens with one attached hydrogen (secondary N) is 1. The van der Waals surface area contributed by atoms with Crippen LogP contribution in [0.3, 0.4) is 0 Å². The SMILES string of the molecule is [B]c1cnc(C(=O)NC(C)(CS(C)(=O)=O)/C(N)=N/O)cc1O[C@@H](C)C(F)(F)F. The number of pyridine rings is 1. The summed E-state index contributed by atoms with van der Waals surface area (Å²) in [6.45, 7) is 1.93. The molecule has 2 radical (unpaired) electrons. The molecule has 154 valence electrons. The van der Waals surface area contributed by atoms with Crippen LogP contribution in [0, 0.1) is 0 Å². The number of oxime groups is 1. The van der Waals surface area contributed by atoms with Crippen LogP contribution in [0.25, 0.3) is 0 Å². The molecule has 0 aliphatic heterocycles. The van der Waals surface area contributed by atoms with E-state index in [1.165, 1.54) is 6.92 Å². The zero-order valence-corrected chi connectivity index (χ0v) is 15.9. The highest BCUT2D eigenvalue weighted by molar-refractivity contribution is 7.90. The number of aromatic nitrogens is 1. The van der Waals surface area contributed by atoms with Crippen molar-refractivity contribution in [3.05, 3.63) is 18.0 Å². The summed E-state index contributed by atoms with van der Waals surface area (Å²) in [5, 5.41) is 13.8. The number of hydrogen-bond donors (Lipinski definition) is 3. The van der Waals surface area contributed by atoms with Crippen LogP contribution in [0.15, 0.2) is 17.4 Å². The molecule has 0 aromatic carbocycles. The number of carbonyl (C=O) groups excluding carboxylic acids is 1. The molecule has 0 saturated heterocycles. The topological polar surface area (TPSA) is 144 Å². The lowest BCUT2D eigenvalue weighted by Gasteiger charge is -2.28. The highest BCUT2D eigenvalue weighted by Crippen LogP contribution is 2.24. The van der Waals surface area contributed by atoms with E-state index in [-0.39, 0.29) is 5.46 Å². The Bertz CT molecular complexity index is 878. The van der Waals surface area contributed by atoms with E-state index >= 15 is 0 Å². The summed E-state index contributed by atoms with van der Waals surface area (Å²) in [6.07, 6.45) is -5.10. The normalized spacial score (nSPS) is 16.1. The molecule has 1 rings (SSSR count). The van der Waals surface area contributed by atoms with Gasteiger partial charge in [0.05, 0.1) is 5.75 Å². The van der Waals surface area contributed by atoms with Gasteiger partial charge in [0.2, 0.25) is 0 Å². The van der Waals surface area contributed by atoms with E-state index in [9.17, 15) is 26.4 Å². The molecule has 0 bridgehead atoms. The monoisotopic (exact) mass is 422 g/mol. The maximum Gasteiger partial charge on any atom is 0.425 e. The minimum Gasteiger partial charge on any atom is -0.482 e. The van der Waals surface area contributed by atoms with Crippen molar-refractivity contribution < 1.29 is 36.3 Å². The Morgan fingerprint density at radius 3 is 2.54 bits per heavy atom. The summed E-state index contributed by atoms with van der Waals surface area (Å²) < 4.78 is 65.9. The van der Waals surface area contributed by atoms with Gasteiger partial charge in [-0.1, -0.05) is 5.16 Å². The van der Waals surface area contributed by atoms with E-state index in [4.69, 9.17) is 23.5 Å². The van der Waals surface area contributed by atoms with Gasteiger partial charge in [-0.15, -0.1) is 0 Å². The average molecular weight is 422 g/mol. The number of halogens is 3. The molecule has 14 heteroatoms. The molecule has 1 unspecified atom stereocenters. The van der Waals surface area contributed by atoms with Gasteiger partial charge in [-0.05, 0) is 19.3 Å². The minimum absolute atomic E-state index is 0.247. The fraction of sp³-hybridized carbons (Fsp3) is 0.500. The predicted molar refractivity (Wildman–Crippen MR) is 94.8 cm³/mol. The minimum atomic E-state index is -4.67. The van der Waals surface area contributed by atoms with Crippen molar-refractivity contribution >= 4 is 34.9 Å². The van der Waals surface area contributed by atoms with Gasteiger partial charge >= 0.3 is 6.18 Å². The highest BCUT2D eigenvalue weighted by Gasteiger charge is 2.39. The second-order valence-electron chi connectivity index (χ2n) is 6.25. The van der Waals surface area contributed by atoms with Crippen LogP contribution >= 0.6 is 0 Å². The first-order chi connectivity index (χ1) is 12.6. The second kappa shape index (κ2) is 8.25. The molecular weight excluding hydrogens is 404 g/mol. The van der Waals surface area contributed by atoms with Crippen LogP contribution in [0.5, 0.6) is 5.75 Å². The molecule has 1 amide bonds. The van der Waals surface area contributed by atoms with E-state index in [2.05, 4.69) is 15.5 Å². The first-order valence-electron chi connectivity index (χ1n) is 7.56. The number of nitrogens with zero attached hydrogens (tertiary/aromatic N) is 2. The largest absolute Gasteiger partial charge is 0.482 e. The van der Waals surface area contributed by atoms with Crippen molar-refractivity contribution in [2.75, 3.05) is 12.0 Å². The number of hydrogen-bond acceptors (Lipinski definition) is 7. The van der Waals surface area contributed by atoms with E-state index in [0.717, 1.165) is 25.4 Å². The van der Waals surface area contributed by atoms with Crippen LogP contribution in [-0.2, 0) is 9.84 Å². The standard InChI is InChI=1S/C14H18BF3N4O5S/c1-7(14(16,17)18)27-10-4-9(20-5-8(10)15)11(23)21-13(2,12(19)22-24)6-28(3,25)26/h4-5,7,24H,6H2,1-3H3,(H2,19,22)(H,21,23)/t7-,13?/m0/s1. The lowest BCUT2D eigenvalue weighted by atomic mass is 9.96. The van der Waals surface area contributed by atoms with E-state index < -0.39 is 56.6 Å². The number of amidine groups is 1. The molecule has 28 heavy (non-hydrogen) atoms. The van der Waals surface area contributed by atoms with Gasteiger partial charge < -0.3 is 21.0 Å². The lowest BCUT2D eigenvalue weighted by Crippen LogP contribution is -2.59. The Morgan fingerprint density at radius 1 is 1.50 bits per heavy atom. The molecule has 0 fully saturated rings. The lowest BCUT2D eigenvalue weighted by molar-refractivity contribution is -0.189. The van der Waals surface area contributed by atoms with E-state index in [1.807, 2.05) is 0 Å². The maximum atomic E-state index is 12.7. The molecule has 2 atom stereocenters. The fourth-order valence-corrected chi connectivity index (χ4v) is 3.32. The molecular formula is C14H18BF3N4O5S. The number of ether oxygens (including phenoxy) is 1. The maximum absolute atomic E-state index is 12.7. The molecule has 4 N–H and O–H groups in total. The number of sulfone groups is 1. The van der Waals surface area contributed by atoms with E-state index in [1.54, 1.807) is 0 Å². The number of nitrogens with two attached hydrogens (primary N) is 1. The second-order valence-corrected chi connectivity index (χ2v) is 8.39. The molecule has 0 aliphatic carbocycles. The van der Waals surface area contributed by atoms with Gasteiger partial charge in [0.15, 0.2) is 11.9 Å². The third-order valence-electron chi connectivity index (χ3n) is 3.51. The summed E-state index contributed by atoms with van der Waals surface area (Å²) >= 11 is 0. The van der Waals surface area contributed by atoms with Crippen molar-refractivity contribution in [1.29, 1.82) is 0 Å². The average Bonchev–Trinajstić information content (AvgIpc) is 2.53. The molecule has 0 aliphatic rings. The van der Waals surface area contributed by atoms with Gasteiger partial charge in [-0.3, -0.25) is 9.78 Å². The van der Waals surface area contributed by atoms with Crippen LogP contribution in [0.4, 0.5) is 13.2 Å². The van der Waals surface area contributed by atoms with Crippen molar-refractivity contribution in [1.82, 2.24) is 10.3 Å². The van der Waals surface area contributed by atoms with Gasteiger partial charge in [0.1, 0.15) is 34.7 Å². The smallest absolute Gasteiger partial charge is 0.425 e. The number of carbonyl (C=O) groups is 1. The van der Waals surface area contributed by atoms with Crippen molar-refractivity contribution in [2.24, 2.45) is 10.9 Å². The predicted octanol–water partition coefficient (Wildman–Crippen LogP) is -0.515. The van der Waals surface area contributed by atoms with Crippen LogP contribution < -0.4 is 21.3 Å². The molecule has 1 aromatic heterocycles. The van der Waals surface area contributed by atoms with Crippen LogP contribution in [0.2, 0.25) is 0 Å². The zero-order valence-electron chi connectivity index (χ0n) is 15.1. The number of rotatable bonds is 7. The molecule has 1 heterocycles. The third kappa shape index (κ3) is 6.28. The Balaban J connectivity index is 3.19. The van der Waals surface area contributed by atoms with Crippen LogP contribution in [-0.4, -0.2) is 68.0 Å². The summed E-state index contributed by atoms with van der Waals surface area (Å²) in [5.74, 6) is -2.78. The van der Waals surface area contributed by atoms with Crippen molar-refractivity contribution in [3.8, 4) is 5.75 Å². The molecule has 9 nitrogen and oxygen atoms in total. The summed E-state index contributed by atoms with van der Waals surface area (Å²) in [4.78, 5) is 16.1. The summed E-state index contributed by atoms with van der Waals surface area (Å²) in [5.41, 5.74) is 2.99. The van der Waals surface area contributed by atoms with Gasteiger partial charge in [0, 0.05) is 18.5 Å². The van der Waals surface area contributed by atoms with Crippen molar-refractivity contribution in [2.45, 2.75) is 31.7 Å².